The fourth-order valence-electron chi connectivity index (χ4n) is 2.74. The second kappa shape index (κ2) is 4.88. The zero-order valence-corrected chi connectivity index (χ0v) is 12.2. The van der Waals surface area contributed by atoms with Gasteiger partial charge in [0.15, 0.2) is 0 Å². The van der Waals surface area contributed by atoms with E-state index in [2.05, 4.69) is 31.2 Å². The molecule has 7 nitrogen and oxygen atoms in total. The fraction of sp³-hybridized carbons (Fsp3) is 0.417. The number of quaternary nitrogens is 1. The first-order chi connectivity index (χ1) is 9.52. The topological polar surface area (TPSA) is 100 Å². The van der Waals surface area contributed by atoms with Crippen LogP contribution in [0.25, 0.3) is 0 Å². The number of nitrogens with zero attached hydrogens (tertiary/aromatic N) is 3. The number of amidine groups is 1. The molecule has 3 atom stereocenters. The van der Waals surface area contributed by atoms with Crippen molar-refractivity contribution >= 4 is 32.9 Å². The Morgan fingerprint density at radius 1 is 1.60 bits per heavy atom. The first-order valence-electron chi connectivity index (χ1n) is 6.36. The van der Waals surface area contributed by atoms with Gasteiger partial charge in [-0.15, -0.1) is 4.59 Å². The van der Waals surface area contributed by atoms with Gasteiger partial charge in [0, 0.05) is 21.8 Å². The molecule has 0 radical (unpaired) electrons. The third-order valence-corrected chi connectivity index (χ3v) is 4.62. The first-order valence-corrected chi connectivity index (χ1v) is 7.15. The summed E-state index contributed by atoms with van der Waals surface area (Å²) >= 11 is 3.40. The van der Waals surface area contributed by atoms with Gasteiger partial charge >= 0.3 is 10.7 Å². The average molecular weight is 341 g/mol. The van der Waals surface area contributed by atoms with Crippen LogP contribution < -0.4 is 11.2 Å². The predicted molar refractivity (Wildman–Crippen MR) is 77.6 cm³/mol. The van der Waals surface area contributed by atoms with Crippen LogP contribution in [0.15, 0.2) is 33.8 Å². The number of carbonyl (C=O) groups is 1. The molecule has 0 aliphatic carbocycles. The standard InChI is InChI=1S/C12H14BrN5O2/c13-12-17-10(9-6-15-3-4-18(9,12)14)7-1-2-16-8(5-7)11(19)20/h3-4,6-8,16H,1-2,5,14H2/p+1/t7-,8+,18?/m1/s1. The van der Waals surface area contributed by atoms with Crippen LogP contribution in [0, 0.1) is 5.92 Å². The van der Waals surface area contributed by atoms with Crippen molar-refractivity contribution in [3.8, 4) is 0 Å². The van der Waals surface area contributed by atoms with Gasteiger partial charge in [-0.2, -0.15) is 10.8 Å². The van der Waals surface area contributed by atoms with Crippen molar-refractivity contribution < 1.29 is 14.5 Å². The van der Waals surface area contributed by atoms with Crippen molar-refractivity contribution in [3.05, 3.63) is 23.8 Å². The zero-order valence-electron chi connectivity index (χ0n) is 10.7. The van der Waals surface area contributed by atoms with Crippen LogP contribution in [0.2, 0.25) is 0 Å². The van der Waals surface area contributed by atoms with E-state index in [9.17, 15) is 4.79 Å². The van der Waals surface area contributed by atoms with Crippen LogP contribution in [0.5, 0.6) is 0 Å². The number of carboxylic acids is 1. The van der Waals surface area contributed by atoms with Gasteiger partial charge in [0.2, 0.25) is 5.70 Å². The molecule has 20 heavy (non-hydrogen) atoms. The molecule has 1 fully saturated rings. The van der Waals surface area contributed by atoms with Gasteiger partial charge in [0.25, 0.3) is 0 Å². The number of aliphatic imine (C=N–C) groups is 2. The fourth-order valence-corrected chi connectivity index (χ4v) is 3.24. The Morgan fingerprint density at radius 2 is 2.40 bits per heavy atom. The summed E-state index contributed by atoms with van der Waals surface area (Å²) in [7, 11) is 0. The van der Waals surface area contributed by atoms with E-state index >= 15 is 0 Å². The van der Waals surface area contributed by atoms with Crippen LogP contribution in [0.3, 0.4) is 0 Å². The highest BCUT2D eigenvalue weighted by Crippen LogP contribution is 2.37. The minimum Gasteiger partial charge on any atom is -0.480 e. The lowest BCUT2D eigenvalue weighted by Crippen LogP contribution is -2.50. The van der Waals surface area contributed by atoms with Crippen molar-refractivity contribution in [3.63, 3.8) is 0 Å². The molecule has 0 aromatic heterocycles. The van der Waals surface area contributed by atoms with E-state index in [1.165, 1.54) is 0 Å². The lowest BCUT2D eigenvalue weighted by molar-refractivity contribution is -0.746. The van der Waals surface area contributed by atoms with Gasteiger partial charge in [-0.25, -0.2) is 0 Å². The monoisotopic (exact) mass is 340 g/mol. The van der Waals surface area contributed by atoms with Gasteiger partial charge in [-0.05, 0) is 19.4 Å². The maximum absolute atomic E-state index is 11.1. The summed E-state index contributed by atoms with van der Waals surface area (Å²) in [6, 6.07) is -0.535. The van der Waals surface area contributed by atoms with E-state index in [1.54, 1.807) is 18.6 Å². The quantitative estimate of drug-likeness (QED) is 0.390. The Hall–Kier alpha value is -1.35. The molecule has 8 heteroatoms. The van der Waals surface area contributed by atoms with Crippen molar-refractivity contribution in [1.82, 2.24) is 5.32 Å². The number of fused-ring (bicyclic) bond motifs is 1. The highest BCUT2D eigenvalue weighted by molar-refractivity contribution is 9.18. The van der Waals surface area contributed by atoms with E-state index in [4.69, 9.17) is 10.9 Å². The minimum atomic E-state index is -0.827. The Morgan fingerprint density at radius 3 is 3.15 bits per heavy atom. The van der Waals surface area contributed by atoms with Gasteiger partial charge in [0.1, 0.15) is 17.9 Å². The lowest BCUT2D eigenvalue weighted by Gasteiger charge is -2.28. The largest absolute Gasteiger partial charge is 0.480 e. The highest BCUT2D eigenvalue weighted by atomic mass is 79.9. The maximum Gasteiger partial charge on any atom is 0.320 e. The van der Waals surface area contributed by atoms with E-state index in [1.807, 2.05) is 0 Å². The number of allylic oxidation sites excluding steroid dienone is 2. The van der Waals surface area contributed by atoms with Gasteiger partial charge in [0.05, 0.1) is 12.4 Å². The van der Waals surface area contributed by atoms with Crippen molar-refractivity contribution in [2.24, 2.45) is 21.7 Å². The normalized spacial score (nSPS) is 36.0. The molecule has 106 valence electrons. The van der Waals surface area contributed by atoms with E-state index in [0.717, 1.165) is 17.8 Å². The summed E-state index contributed by atoms with van der Waals surface area (Å²) < 4.78 is 0.566. The number of carboxylic acid groups (broad SMARTS) is 1. The zero-order chi connectivity index (χ0) is 14.3. The second-order valence-electron chi connectivity index (χ2n) is 5.07. The van der Waals surface area contributed by atoms with E-state index < -0.39 is 12.0 Å². The van der Waals surface area contributed by atoms with E-state index in [-0.39, 0.29) is 10.5 Å². The molecular weight excluding hydrogens is 326 g/mol. The number of rotatable bonds is 2. The summed E-state index contributed by atoms with van der Waals surface area (Å²) in [4.78, 5) is 19.8. The summed E-state index contributed by atoms with van der Waals surface area (Å²) in [5.41, 5.74) is 1.63. The lowest BCUT2D eigenvalue weighted by atomic mass is 9.89. The summed E-state index contributed by atoms with van der Waals surface area (Å²) in [5, 5.41) is 12.1. The van der Waals surface area contributed by atoms with Crippen molar-refractivity contribution in [2.75, 3.05) is 6.54 Å². The van der Waals surface area contributed by atoms with Gasteiger partial charge in [-0.3, -0.25) is 9.79 Å². The molecule has 0 bridgehead atoms. The molecule has 3 rings (SSSR count). The number of hydrogen-bond acceptors (Lipinski definition) is 5. The number of nitrogens with one attached hydrogen (secondary N) is 1. The smallest absolute Gasteiger partial charge is 0.320 e. The van der Waals surface area contributed by atoms with Crippen LogP contribution in [-0.2, 0) is 4.79 Å². The number of hydrogen-bond donors (Lipinski definition) is 3. The maximum atomic E-state index is 11.1. The number of halogens is 1. The Labute approximate surface area is 124 Å². The Kier molecular flexibility index (Phi) is 3.33. The molecule has 1 unspecified atom stereocenters. The van der Waals surface area contributed by atoms with Gasteiger partial charge in [-0.1, -0.05) is 0 Å². The highest BCUT2D eigenvalue weighted by Gasteiger charge is 2.45. The molecule has 3 heterocycles. The van der Waals surface area contributed by atoms with Crippen LogP contribution in [0.1, 0.15) is 12.8 Å². The Balaban J connectivity index is 1.94. The SMILES string of the molecule is N[N+]12C=CN=CC1=C([C@@H]1CCN[C@H](C(=O)O)C1)N=C2Br. The summed E-state index contributed by atoms with van der Waals surface area (Å²) in [6.45, 7) is 0.656. The number of piperidine rings is 1. The first kappa shape index (κ1) is 13.6. The van der Waals surface area contributed by atoms with Crippen LogP contribution in [-0.4, -0.2) is 39.2 Å². The molecular formula is C12H15BrN5O2+. The van der Waals surface area contributed by atoms with Crippen molar-refractivity contribution in [1.29, 1.82) is 0 Å². The van der Waals surface area contributed by atoms with Gasteiger partial charge < -0.3 is 10.4 Å². The Bertz CT molecular complexity index is 582. The predicted octanol–water partition coefficient (Wildman–Crippen LogP) is 0.661. The number of aliphatic carboxylic acids is 1. The average Bonchev–Trinajstić information content (AvgIpc) is 2.71. The second-order valence-corrected chi connectivity index (χ2v) is 5.78. The van der Waals surface area contributed by atoms with Crippen LogP contribution in [0.4, 0.5) is 0 Å². The third-order valence-electron chi connectivity index (χ3n) is 3.85. The molecule has 3 aliphatic rings. The summed E-state index contributed by atoms with van der Waals surface area (Å²) in [5.74, 6) is 5.54. The summed E-state index contributed by atoms with van der Waals surface area (Å²) in [6.07, 6.45) is 6.42. The molecule has 0 amide bonds. The molecule has 0 spiro atoms. The molecule has 3 aliphatic heterocycles. The molecule has 1 saturated heterocycles. The molecule has 4 N–H and O–H groups in total. The molecule has 0 aromatic carbocycles. The molecule has 0 aromatic rings. The third kappa shape index (κ3) is 2.05. The van der Waals surface area contributed by atoms with E-state index in [0.29, 0.717) is 17.7 Å². The minimum absolute atomic E-state index is 0.0273. The molecule has 0 saturated carbocycles. The van der Waals surface area contributed by atoms with Crippen LogP contribution >= 0.6 is 15.9 Å². The number of nitrogens with two attached hydrogens (primary N) is 1. The van der Waals surface area contributed by atoms with Crippen molar-refractivity contribution in [2.45, 2.75) is 18.9 Å².